The maximum atomic E-state index is 4.59. The van der Waals surface area contributed by atoms with Crippen molar-refractivity contribution in [3.05, 3.63) is 37.8 Å². The molecule has 0 spiro atoms. The summed E-state index contributed by atoms with van der Waals surface area (Å²) in [5.41, 5.74) is 0. The van der Waals surface area contributed by atoms with Gasteiger partial charge in [0, 0.05) is 0 Å². The Kier molecular flexibility index (Phi) is 4.32. The summed E-state index contributed by atoms with van der Waals surface area (Å²) in [4.78, 5) is 0. The van der Waals surface area contributed by atoms with Crippen LogP contribution < -0.4 is 0 Å². The molecular formula is C6H8O. The Morgan fingerprint density at radius 1 is 1.29 bits per heavy atom. The van der Waals surface area contributed by atoms with Gasteiger partial charge in [-0.25, -0.2) is 0 Å². The van der Waals surface area contributed by atoms with Gasteiger partial charge in [-0.05, 0) is 6.08 Å². The number of rotatable bonds is 3. The van der Waals surface area contributed by atoms with Gasteiger partial charge in [0.15, 0.2) is 0 Å². The lowest BCUT2D eigenvalue weighted by atomic mass is 10.6. The van der Waals surface area contributed by atoms with Crippen molar-refractivity contribution in [2.45, 2.75) is 0 Å². The van der Waals surface area contributed by atoms with Crippen LogP contribution in [0.2, 0.25) is 0 Å². The van der Waals surface area contributed by atoms with Gasteiger partial charge in [0.05, 0.1) is 12.5 Å². The van der Waals surface area contributed by atoms with E-state index in [9.17, 15) is 0 Å². The van der Waals surface area contributed by atoms with Gasteiger partial charge in [0.1, 0.15) is 0 Å². The summed E-state index contributed by atoms with van der Waals surface area (Å²) < 4.78 is 4.59. The molecule has 0 aromatic heterocycles. The molecule has 0 atom stereocenters. The molecule has 0 aliphatic heterocycles. The Bertz CT molecular complexity index is 82.2. The molecule has 0 amide bonds. The SMILES string of the molecule is C=CC=COC=C. The standard InChI is InChI=1S/C6H8O/c1-3-5-6-7-4-2/h3-6H,1-2H2. The van der Waals surface area contributed by atoms with Gasteiger partial charge in [-0.15, -0.1) is 0 Å². The van der Waals surface area contributed by atoms with E-state index in [1.165, 1.54) is 12.5 Å². The van der Waals surface area contributed by atoms with Crippen molar-refractivity contribution in [1.82, 2.24) is 0 Å². The molecule has 0 aromatic rings. The fourth-order valence-electron chi connectivity index (χ4n) is 0.156. The van der Waals surface area contributed by atoms with Crippen molar-refractivity contribution in [2.24, 2.45) is 0 Å². The van der Waals surface area contributed by atoms with Crippen LogP contribution in [0, 0.1) is 0 Å². The van der Waals surface area contributed by atoms with Crippen molar-refractivity contribution in [3.8, 4) is 0 Å². The average Bonchev–Trinajstić information content (AvgIpc) is 1.69. The largest absolute Gasteiger partial charge is 0.473 e. The van der Waals surface area contributed by atoms with E-state index < -0.39 is 0 Å². The van der Waals surface area contributed by atoms with Gasteiger partial charge >= 0.3 is 0 Å². The van der Waals surface area contributed by atoms with E-state index in [2.05, 4.69) is 17.9 Å². The number of allylic oxidation sites excluding steroid dienone is 2. The lowest BCUT2D eigenvalue weighted by Gasteiger charge is -1.80. The number of hydrogen-bond donors (Lipinski definition) is 0. The molecule has 0 unspecified atom stereocenters. The molecule has 0 fully saturated rings. The van der Waals surface area contributed by atoms with E-state index in [1.54, 1.807) is 12.2 Å². The van der Waals surface area contributed by atoms with Gasteiger partial charge in [0.25, 0.3) is 0 Å². The molecule has 38 valence electrons. The van der Waals surface area contributed by atoms with Crippen LogP contribution in [-0.2, 0) is 4.74 Å². The third kappa shape index (κ3) is 5.02. The third-order valence-corrected chi connectivity index (χ3v) is 0.389. The van der Waals surface area contributed by atoms with Crippen molar-refractivity contribution in [2.75, 3.05) is 0 Å². The molecule has 7 heavy (non-hydrogen) atoms. The fourth-order valence-corrected chi connectivity index (χ4v) is 0.156. The number of ether oxygens (including phenoxy) is 1. The second kappa shape index (κ2) is 5.02. The molecule has 0 aliphatic carbocycles. The fraction of sp³-hybridized carbons (Fsp3) is 0. The van der Waals surface area contributed by atoms with E-state index >= 15 is 0 Å². The molecule has 0 radical (unpaired) electrons. The second-order valence-corrected chi connectivity index (χ2v) is 0.867. The minimum Gasteiger partial charge on any atom is -0.473 e. The summed E-state index contributed by atoms with van der Waals surface area (Å²) in [6.45, 7) is 6.76. The summed E-state index contributed by atoms with van der Waals surface area (Å²) in [5.74, 6) is 0. The van der Waals surface area contributed by atoms with Gasteiger partial charge in [-0.2, -0.15) is 0 Å². The third-order valence-electron chi connectivity index (χ3n) is 0.389. The zero-order valence-corrected chi connectivity index (χ0v) is 4.13. The Hall–Kier alpha value is -0.980. The maximum absolute atomic E-state index is 4.59. The van der Waals surface area contributed by atoms with Crippen molar-refractivity contribution in [3.63, 3.8) is 0 Å². The highest BCUT2D eigenvalue weighted by molar-refractivity contribution is 4.93. The van der Waals surface area contributed by atoms with Gasteiger partial charge in [-0.1, -0.05) is 19.2 Å². The minimum absolute atomic E-state index is 1.35. The van der Waals surface area contributed by atoms with Crippen LogP contribution in [0.3, 0.4) is 0 Å². The smallest absolute Gasteiger partial charge is 0.0900 e. The van der Waals surface area contributed by atoms with E-state index in [0.717, 1.165) is 0 Å². The highest BCUT2D eigenvalue weighted by Gasteiger charge is 1.56. The highest BCUT2D eigenvalue weighted by atomic mass is 16.5. The van der Waals surface area contributed by atoms with Gasteiger partial charge in [0.2, 0.25) is 0 Å². The summed E-state index contributed by atoms with van der Waals surface area (Å²) in [6, 6.07) is 0. The van der Waals surface area contributed by atoms with Crippen molar-refractivity contribution in [1.29, 1.82) is 0 Å². The highest BCUT2D eigenvalue weighted by Crippen LogP contribution is 1.75. The Balaban J connectivity index is 3.08. The first kappa shape index (κ1) is 6.02. The van der Waals surface area contributed by atoms with E-state index in [-0.39, 0.29) is 0 Å². The lowest BCUT2D eigenvalue weighted by molar-refractivity contribution is 0.405. The molecule has 0 saturated heterocycles. The average molecular weight is 96.1 g/mol. The van der Waals surface area contributed by atoms with Crippen LogP contribution in [0.1, 0.15) is 0 Å². The molecule has 0 aliphatic rings. The quantitative estimate of drug-likeness (QED) is 0.385. The van der Waals surface area contributed by atoms with Gasteiger partial charge in [-0.3, -0.25) is 0 Å². The summed E-state index contributed by atoms with van der Waals surface area (Å²) in [6.07, 6.45) is 6.16. The first-order chi connectivity index (χ1) is 3.41. The van der Waals surface area contributed by atoms with Crippen LogP contribution in [0.25, 0.3) is 0 Å². The number of hydrogen-bond acceptors (Lipinski definition) is 1. The van der Waals surface area contributed by atoms with Crippen molar-refractivity contribution < 1.29 is 4.74 Å². The van der Waals surface area contributed by atoms with Crippen LogP contribution >= 0.6 is 0 Å². The van der Waals surface area contributed by atoms with Crippen LogP contribution in [0.5, 0.6) is 0 Å². The lowest BCUT2D eigenvalue weighted by Crippen LogP contribution is -1.57. The first-order valence-electron chi connectivity index (χ1n) is 1.95. The normalized spacial score (nSPS) is 8.57. The topological polar surface area (TPSA) is 9.23 Å². The van der Waals surface area contributed by atoms with E-state index in [1.807, 2.05) is 0 Å². The molecule has 0 saturated carbocycles. The minimum atomic E-state index is 1.35. The van der Waals surface area contributed by atoms with E-state index in [4.69, 9.17) is 0 Å². The second-order valence-electron chi connectivity index (χ2n) is 0.867. The monoisotopic (exact) mass is 96.1 g/mol. The van der Waals surface area contributed by atoms with Crippen LogP contribution in [-0.4, -0.2) is 0 Å². The molecule has 0 N–H and O–H groups in total. The van der Waals surface area contributed by atoms with E-state index in [0.29, 0.717) is 0 Å². The summed E-state index contributed by atoms with van der Waals surface area (Å²) >= 11 is 0. The molecule has 0 bridgehead atoms. The molecule has 0 rings (SSSR count). The summed E-state index contributed by atoms with van der Waals surface area (Å²) in [7, 11) is 0. The molecule has 0 aromatic carbocycles. The molecular weight excluding hydrogens is 88.1 g/mol. The summed E-state index contributed by atoms with van der Waals surface area (Å²) in [5, 5.41) is 0. The maximum Gasteiger partial charge on any atom is 0.0900 e. The predicted octanol–water partition coefficient (Wildman–Crippen LogP) is 1.85. The Morgan fingerprint density at radius 3 is 2.43 bits per heavy atom. The van der Waals surface area contributed by atoms with Crippen LogP contribution in [0.15, 0.2) is 37.8 Å². The Morgan fingerprint density at radius 2 is 2.00 bits per heavy atom. The predicted molar refractivity (Wildman–Crippen MR) is 30.6 cm³/mol. The zero-order chi connectivity index (χ0) is 5.54. The molecule has 0 heterocycles. The molecule has 1 heteroatoms. The van der Waals surface area contributed by atoms with Gasteiger partial charge < -0.3 is 4.74 Å². The Labute approximate surface area is 43.6 Å². The first-order valence-corrected chi connectivity index (χ1v) is 1.95. The molecule has 1 nitrogen and oxygen atoms in total. The zero-order valence-electron chi connectivity index (χ0n) is 4.13. The van der Waals surface area contributed by atoms with Crippen molar-refractivity contribution >= 4 is 0 Å². The van der Waals surface area contributed by atoms with Crippen LogP contribution in [0.4, 0.5) is 0 Å².